The standard InChI is InChI=1S/C11H19N3O2/c12-9-2-1-5-13(8-9)6-7-14-10(15)3-4-11(14)16/h9H,1-8,12H2/t9-/m1/s1. The van der Waals surface area contributed by atoms with Crippen LogP contribution in [0.15, 0.2) is 0 Å². The number of hydrogen-bond acceptors (Lipinski definition) is 4. The van der Waals surface area contributed by atoms with Crippen LogP contribution in [0.5, 0.6) is 0 Å². The van der Waals surface area contributed by atoms with Gasteiger partial charge in [-0.25, -0.2) is 0 Å². The molecule has 1 atom stereocenters. The van der Waals surface area contributed by atoms with Crippen molar-refractivity contribution in [2.45, 2.75) is 31.7 Å². The Morgan fingerprint density at radius 2 is 1.88 bits per heavy atom. The molecule has 0 radical (unpaired) electrons. The number of carbonyl (C=O) groups excluding carboxylic acids is 2. The molecule has 0 spiro atoms. The molecule has 2 N–H and O–H groups in total. The maximum Gasteiger partial charge on any atom is 0.229 e. The molecule has 2 heterocycles. The van der Waals surface area contributed by atoms with Crippen molar-refractivity contribution >= 4 is 11.8 Å². The van der Waals surface area contributed by atoms with Gasteiger partial charge in [0.2, 0.25) is 11.8 Å². The molecule has 90 valence electrons. The van der Waals surface area contributed by atoms with Crippen LogP contribution in [0.3, 0.4) is 0 Å². The van der Waals surface area contributed by atoms with Crippen LogP contribution < -0.4 is 5.73 Å². The first-order valence-corrected chi connectivity index (χ1v) is 5.98. The number of amides is 2. The molecular weight excluding hydrogens is 206 g/mol. The molecule has 0 aromatic rings. The van der Waals surface area contributed by atoms with Gasteiger partial charge >= 0.3 is 0 Å². The molecule has 2 amide bonds. The molecule has 0 saturated carbocycles. The maximum absolute atomic E-state index is 11.4. The molecule has 2 aliphatic heterocycles. The quantitative estimate of drug-likeness (QED) is 0.661. The molecule has 2 saturated heterocycles. The zero-order chi connectivity index (χ0) is 11.5. The fraction of sp³-hybridized carbons (Fsp3) is 0.818. The Hall–Kier alpha value is -0.940. The zero-order valence-corrected chi connectivity index (χ0v) is 9.52. The monoisotopic (exact) mass is 225 g/mol. The van der Waals surface area contributed by atoms with Gasteiger partial charge in [0, 0.05) is 38.5 Å². The first-order valence-electron chi connectivity index (χ1n) is 5.98. The number of carbonyl (C=O) groups is 2. The number of piperidine rings is 1. The number of nitrogens with two attached hydrogens (primary N) is 1. The number of nitrogens with zero attached hydrogens (tertiary/aromatic N) is 2. The fourth-order valence-electron chi connectivity index (χ4n) is 2.41. The van der Waals surface area contributed by atoms with Gasteiger partial charge in [0.05, 0.1) is 0 Å². The summed E-state index contributed by atoms with van der Waals surface area (Å²) in [5.41, 5.74) is 5.87. The summed E-state index contributed by atoms with van der Waals surface area (Å²) in [6.07, 6.45) is 2.97. The van der Waals surface area contributed by atoms with E-state index in [0.29, 0.717) is 19.4 Å². The summed E-state index contributed by atoms with van der Waals surface area (Å²) in [7, 11) is 0. The van der Waals surface area contributed by atoms with Crippen molar-refractivity contribution in [2.24, 2.45) is 5.73 Å². The van der Waals surface area contributed by atoms with Gasteiger partial charge in [0.1, 0.15) is 0 Å². The van der Waals surface area contributed by atoms with Gasteiger partial charge in [0.25, 0.3) is 0 Å². The summed E-state index contributed by atoms with van der Waals surface area (Å²) in [5.74, 6) is -0.0439. The molecule has 0 aromatic heterocycles. The summed E-state index contributed by atoms with van der Waals surface area (Å²) in [5, 5.41) is 0. The van der Waals surface area contributed by atoms with Crippen LogP contribution in [0.4, 0.5) is 0 Å². The van der Waals surface area contributed by atoms with Gasteiger partial charge in [-0.15, -0.1) is 0 Å². The van der Waals surface area contributed by atoms with E-state index in [-0.39, 0.29) is 17.9 Å². The maximum atomic E-state index is 11.4. The zero-order valence-electron chi connectivity index (χ0n) is 9.52. The largest absolute Gasteiger partial charge is 0.327 e. The second-order valence-electron chi connectivity index (χ2n) is 4.64. The number of rotatable bonds is 3. The van der Waals surface area contributed by atoms with Crippen molar-refractivity contribution in [3.8, 4) is 0 Å². The number of likely N-dealkylation sites (tertiary alicyclic amines) is 2. The molecule has 5 nitrogen and oxygen atoms in total. The van der Waals surface area contributed by atoms with Crippen molar-refractivity contribution < 1.29 is 9.59 Å². The van der Waals surface area contributed by atoms with Crippen LogP contribution >= 0.6 is 0 Å². The Morgan fingerprint density at radius 1 is 1.19 bits per heavy atom. The summed E-state index contributed by atoms with van der Waals surface area (Å²) >= 11 is 0. The van der Waals surface area contributed by atoms with Crippen molar-refractivity contribution in [1.29, 1.82) is 0 Å². The SMILES string of the molecule is N[C@@H]1CCCN(CCN2C(=O)CCC2=O)C1. The van der Waals surface area contributed by atoms with Gasteiger partial charge in [-0.05, 0) is 19.4 Å². The third kappa shape index (κ3) is 2.59. The molecule has 0 aromatic carbocycles. The van der Waals surface area contributed by atoms with Gasteiger partial charge < -0.3 is 10.6 Å². The normalized spacial score (nSPS) is 27.8. The Bertz CT molecular complexity index is 277. The Labute approximate surface area is 95.6 Å². The Morgan fingerprint density at radius 3 is 2.50 bits per heavy atom. The van der Waals surface area contributed by atoms with Crippen LogP contribution in [-0.2, 0) is 9.59 Å². The van der Waals surface area contributed by atoms with E-state index >= 15 is 0 Å². The van der Waals surface area contributed by atoms with E-state index in [1.165, 1.54) is 4.90 Å². The van der Waals surface area contributed by atoms with Gasteiger partial charge in [-0.2, -0.15) is 0 Å². The highest BCUT2D eigenvalue weighted by molar-refractivity contribution is 6.01. The lowest BCUT2D eigenvalue weighted by atomic mass is 10.1. The van der Waals surface area contributed by atoms with E-state index < -0.39 is 0 Å². The van der Waals surface area contributed by atoms with Gasteiger partial charge in [0.15, 0.2) is 0 Å². The predicted molar refractivity (Wildman–Crippen MR) is 59.6 cm³/mol. The van der Waals surface area contributed by atoms with Crippen molar-refractivity contribution in [3.05, 3.63) is 0 Å². The van der Waals surface area contributed by atoms with Crippen molar-refractivity contribution in [3.63, 3.8) is 0 Å². The molecular formula is C11H19N3O2. The summed E-state index contributed by atoms with van der Waals surface area (Å²) in [4.78, 5) is 26.4. The highest BCUT2D eigenvalue weighted by Crippen LogP contribution is 2.12. The van der Waals surface area contributed by atoms with Crippen LogP contribution in [0.25, 0.3) is 0 Å². The van der Waals surface area contributed by atoms with E-state index in [2.05, 4.69) is 4.90 Å². The minimum Gasteiger partial charge on any atom is -0.327 e. The lowest BCUT2D eigenvalue weighted by Crippen LogP contribution is -2.46. The minimum atomic E-state index is -0.0219. The number of hydrogen-bond donors (Lipinski definition) is 1. The molecule has 0 aliphatic carbocycles. The summed E-state index contributed by atoms with van der Waals surface area (Å²) < 4.78 is 0. The van der Waals surface area contributed by atoms with E-state index in [4.69, 9.17) is 5.73 Å². The molecule has 2 aliphatic rings. The van der Waals surface area contributed by atoms with E-state index in [9.17, 15) is 9.59 Å². The fourth-order valence-corrected chi connectivity index (χ4v) is 2.41. The van der Waals surface area contributed by atoms with Crippen LogP contribution in [-0.4, -0.2) is 53.8 Å². The van der Waals surface area contributed by atoms with Gasteiger partial charge in [-0.1, -0.05) is 0 Å². The van der Waals surface area contributed by atoms with Crippen molar-refractivity contribution in [2.75, 3.05) is 26.2 Å². The van der Waals surface area contributed by atoms with Gasteiger partial charge in [-0.3, -0.25) is 14.5 Å². The molecule has 2 fully saturated rings. The highest BCUT2D eigenvalue weighted by Gasteiger charge is 2.29. The van der Waals surface area contributed by atoms with Crippen LogP contribution in [0.2, 0.25) is 0 Å². The lowest BCUT2D eigenvalue weighted by Gasteiger charge is -2.31. The molecule has 5 heteroatoms. The smallest absolute Gasteiger partial charge is 0.229 e. The van der Waals surface area contributed by atoms with E-state index in [1.807, 2.05) is 0 Å². The van der Waals surface area contributed by atoms with Crippen LogP contribution in [0, 0.1) is 0 Å². The number of imide groups is 1. The third-order valence-electron chi connectivity index (χ3n) is 3.34. The Kier molecular flexibility index (Phi) is 3.56. The molecule has 16 heavy (non-hydrogen) atoms. The highest BCUT2D eigenvalue weighted by atomic mass is 16.2. The predicted octanol–water partition coefficient (Wildman–Crippen LogP) is -0.441. The van der Waals surface area contributed by atoms with Crippen molar-refractivity contribution in [1.82, 2.24) is 9.80 Å². The van der Waals surface area contributed by atoms with E-state index in [0.717, 1.165) is 32.5 Å². The van der Waals surface area contributed by atoms with E-state index in [1.54, 1.807) is 0 Å². The second-order valence-corrected chi connectivity index (χ2v) is 4.64. The Balaban J connectivity index is 1.78. The topological polar surface area (TPSA) is 66.6 Å². The lowest BCUT2D eigenvalue weighted by molar-refractivity contribution is -0.138. The average molecular weight is 225 g/mol. The molecule has 0 unspecified atom stereocenters. The first kappa shape index (κ1) is 11.5. The second kappa shape index (κ2) is 4.93. The average Bonchev–Trinajstić information content (AvgIpc) is 2.56. The third-order valence-corrected chi connectivity index (χ3v) is 3.34. The molecule has 2 rings (SSSR count). The first-order chi connectivity index (χ1) is 7.66. The summed E-state index contributed by atoms with van der Waals surface area (Å²) in [6.45, 7) is 3.22. The molecule has 0 bridgehead atoms. The van der Waals surface area contributed by atoms with Crippen LogP contribution in [0.1, 0.15) is 25.7 Å². The summed E-state index contributed by atoms with van der Waals surface area (Å²) in [6, 6.07) is 0.249. The minimum absolute atomic E-state index is 0.0219.